The Hall–Kier alpha value is -0.340. The van der Waals surface area contributed by atoms with Crippen LogP contribution >= 0.6 is 23.2 Å². The van der Waals surface area contributed by atoms with Gasteiger partial charge in [-0.2, -0.15) is 0 Å². The second-order valence-electron chi connectivity index (χ2n) is 5.54. The topological polar surface area (TPSA) is 0 Å². The van der Waals surface area contributed by atoms with Gasteiger partial charge in [-0.1, -0.05) is 18.9 Å². The Kier molecular flexibility index (Phi) is 5.08. The van der Waals surface area contributed by atoms with E-state index < -0.39 is 11.6 Å². The standard InChI is InChI=1S/C15H18Cl2F2/c16-9-15(10-17,12-3-1-2-4-12)8-11-5-6-13(18)14(19)7-11/h5-7,12H,1-4,8-10H2. The van der Waals surface area contributed by atoms with Crippen molar-refractivity contribution in [1.82, 2.24) is 0 Å². The Balaban J connectivity index is 2.21. The minimum Gasteiger partial charge on any atom is -0.204 e. The predicted molar refractivity (Wildman–Crippen MR) is 75.9 cm³/mol. The van der Waals surface area contributed by atoms with E-state index in [9.17, 15) is 8.78 Å². The zero-order valence-electron chi connectivity index (χ0n) is 10.8. The molecule has 0 amide bonds. The summed E-state index contributed by atoms with van der Waals surface area (Å²) in [5.74, 6) is -0.218. The van der Waals surface area contributed by atoms with Gasteiger partial charge >= 0.3 is 0 Å². The third-order valence-corrected chi connectivity index (χ3v) is 5.36. The largest absolute Gasteiger partial charge is 0.204 e. The van der Waals surface area contributed by atoms with Crippen LogP contribution < -0.4 is 0 Å². The third-order valence-electron chi connectivity index (χ3n) is 4.29. The molecule has 1 fully saturated rings. The lowest BCUT2D eigenvalue weighted by Crippen LogP contribution is -2.35. The molecule has 0 aromatic heterocycles. The van der Waals surface area contributed by atoms with Crippen LogP contribution in [0.4, 0.5) is 8.78 Å². The quantitative estimate of drug-likeness (QED) is 0.659. The minimum atomic E-state index is -0.813. The van der Waals surface area contributed by atoms with Gasteiger partial charge in [-0.15, -0.1) is 23.2 Å². The lowest BCUT2D eigenvalue weighted by atomic mass is 9.73. The Bertz CT molecular complexity index is 424. The van der Waals surface area contributed by atoms with Crippen molar-refractivity contribution in [1.29, 1.82) is 0 Å². The average Bonchev–Trinajstić information content (AvgIpc) is 2.95. The minimum absolute atomic E-state index is 0.204. The van der Waals surface area contributed by atoms with Gasteiger partial charge in [0.15, 0.2) is 11.6 Å². The first-order chi connectivity index (χ1) is 9.11. The second kappa shape index (κ2) is 6.41. The Morgan fingerprint density at radius 1 is 1.05 bits per heavy atom. The van der Waals surface area contributed by atoms with Crippen LogP contribution in [0.2, 0.25) is 0 Å². The molecule has 0 heterocycles. The van der Waals surface area contributed by atoms with Crippen molar-refractivity contribution < 1.29 is 8.78 Å². The number of benzene rings is 1. The van der Waals surface area contributed by atoms with E-state index in [1.807, 2.05) is 0 Å². The number of hydrogen-bond acceptors (Lipinski definition) is 0. The molecule has 2 rings (SSSR count). The molecule has 0 atom stereocenters. The summed E-state index contributed by atoms with van der Waals surface area (Å²) in [6.07, 6.45) is 5.28. The molecule has 1 aliphatic carbocycles. The predicted octanol–water partition coefficient (Wildman–Crippen LogP) is 5.16. The molecular formula is C15H18Cl2F2. The van der Waals surface area contributed by atoms with E-state index in [0.717, 1.165) is 18.4 Å². The Morgan fingerprint density at radius 2 is 1.68 bits per heavy atom. The molecule has 0 N–H and O–H groups in total. The van der Waals surface area contributed by atoms with E-state index >= 15 is 0 Å². The maximum atomic E-state index is 13.3. The number of halogens is 4. The maximum absolute atomic E-state index is 13.3. The smallest absolute Gasteiger partial charge is 0.159 e. The highest BCUT2D eigenvalue weighted by Gasteiger charge is 2.39. The maximum Gasteiger partial charge on any atom is 0.159 e. The first kappa shape index (κ1) is 15.1. The van der Waals surface area contributed by atoms with Crippen LogP contribution in [0.1, 0.15) is 31.2 Å². The van der Waals surface area contributed by atoms with Crippen LogP contribution in [0.5, 0.6) is 0 Å². The van der Waals surface area contributed by atoms with Crippen LogP contribution in [0.3, 0.4) is 0 Å². The molecule has 0 unspecified atom stereocenters. The van der Waals surface area contributed by atoms with Crippen molar-refractivity contribution in [2.75, 3.05) is 11.8 Å². The highest BCUT2D eigenvalue weighted by atomic mass is 35.5. The molecule has 4 heteroatoms. The van der Waals surface area contributed by atoms with Gasteiger partial charge in [0.1, 0.15) is 0 Å². The van der Waals surface area contributed by atoms with Gasteiger partial charge < -0.3 is 0 Å². The monoisotopic (exact) mass is 306 g/mol. The van der Waals surface area contributed by atoms with Crippen molar-refractivity contribution in [3.8, 4) is 0 Å². The summed E-state index contributed by atoms with van der Waals surface area (Å²) in [5.41, 5.74) is 0.566. The summed E-state index contributed by atoms with van der Waals surface area (Å²) in [6.45, 7) is 0. The lowest BCUT2D eigenvalue weighted by Gasteiger charge is -2.36. The van der Waals surface area contributed by atoms with Gasteiger partial charge in [0.2, 0.25) is 0 Å². The number of hydrogen-bond donors (Lipinski definition) is 0. The molecule has 1 aromatic carbocycles. The van der Waals surface area contributed by atoms with Gasteiger partial charge in [-0.05, 0) is 42.9 Å². The van der Waals surface area contributed by atoms with Crippen molar-refractivity contribution in [2.24, 2.45) is 11.3 Å². The number of alkyl halides is 2. The molecule has 0 bridgehead atoms. The van der Waals surface area contributed by atoms with E-state index in [1.165, 1.54) is 25.0 Å². The summed E-state index contributed by atoms with van der Waals surface area (Å²) in [5, 5.41) is 0. The van der Waals surface area contributed by atoms with Gasteiger partial charge in [0.05, 0.1) is 0 Å². The van der Waals surface area contributed by atoms with Crippen molar-refractivity contribution in [2.45, 2.75) is 32.1 Å². The van der Waals surface area contributed by atoms with E-state index in [2.05, 4.69) is 0 Å². The Morgan fingerprint density at radius 3 is 2.21 bits per heavy atom. The van der Waals surface area contributed by atoms with E-state index in [0.29, 0.717) is 24.1 Å². The molecule has 1 aliphatic rings. The van der Waals surface area contributed by atoms with Crippen LogP contribution in [-0.2, 0) is 6.42 Å². The fourth-order valence-electron chi connectivity index (χ4n) is 3.09. The molecule has 1 saturated carbocycles. The van der Waals surface area contributed by atoms with E-state index in [4.69, 9.17) is 23.2 Å². The molecule has 0 radical (unpaired) electrons. The summed E-state index contributed by atoms with van der Waals surface area (Å²) in [6, 6.07) is 4.06. The highest BCUT2D eigenvalue weighted by molar-refractivity contribution is 6.21. The average molecular weight is 307 g/mol. The SMILES string of the molecule is Fc1ccc(CC(CCl)(CCl)C2CCCC2)cc1F. The molecule has 0 spiro atoms. The van der Waals surface area contributed by atoms with Crippen molar-refractivity contribution >= 4 is 23.2 Å². The van der Waals surface area contributed by atoms with Crippen LogP contribution in [-0.4, -0.2) is 11.8 Å². The first-order valence-corrected chi connectivity index (χ1v) is 7.74. The molecule has 19 heavy (non-hydrogen) atoms. The fourth-order valence-corrected chi connectivity index (χ4v) is 4.00. The van der Waals surface area contributed by atoms with Crippen LogP contribution in [0, 0.1) is 23.0 Å². The number of rotatable bonds is 5. The molecule has 1 aromatic rings. The molecule has 0 nitrogen and oxygen atoms in total. The first-order valence-electron chi connectivity index (χ1n) is 6.67. The lowest BCUT2D eigenvalue weighted by molar-refractivity contribution is 0.224. The van der Waals surface area contributed by atoms with Gasteiger partial charge in [-0.3, -0.25) is 0 Å². The van der Waals surface area contributed by atoms with E-state index in [1.54, 1.807) is 6.07 Å². The fraction of sp³-hybridized carbons (Fsp3) is 0.600. The zero-order valence-corrected chi connectivity index (χ0v) is 12.3. The Labute approximate surface area is 123 Å². The zero-order chi connectivity index (χ0) is 13.9. The third kappa shape index (κ3) is 3.22. The highest BCUT2D eigenvalue weighted by Crippen LogP contribution is 2.44. The summed E-state index contributed by atoms with van der Waals surface area (Å²) in [7, 11) is 0. The summed E-state index contributed by atoms with van der Waals surface area (Å²) < 4.78 is 26.3. The normalized spacial score (nSPS) is 17.1. The summed E-state index contributed by atoms with van der Waals surface area (Å²) >= 11 is 12.3. The molecular weight excluding hydrogens is 289 g/mol. The van der Waals surface area contributed by atoms with Crippen molar-refractivity contribution in [3.63, 3.8) is 0 Å². The van der Waals surface area contributed by atoms with Crippen LogP contribution in [0.25, 0.3) is 0 Å². The molecule has 0 aliphatic heterocycles. The second-order valence-corrected chi connectivity index (χ2v) is 6.07. The van der Waals surface area contributed by atoms with Gasteiger partial charge in [0, 0.05) is 17.2 Å². The summed E-state index contributed by atoms with van der Waals surface area (Å²) in [4.78, 5) is 0. The van der Waals surface area contributed by atoms with Crippen molar-refractivity contribution in [3.05, 3.63) is 35.4 Å². The van der Waals surface area contributed by atoms with Gasteiger partial charge in [0.25, 0.3) is 0 Å². The van der Waals surface area contributed by atoms with E-state index in [-0.39, 0.29) is 5.41 Å². The van der Waals surface area contributed by atoms with Gasteiger partial charge in [-0.25, -0.2) is 8.78 Å². The molecule has 106 valence electrons. The molecule has 0 saturated heterocycles. The van der Waals surface area contributed by atoms with Crippen LogP contribution in [0.15, 0.2) is 18.2 Å².